The Labute approximate surface area is 98.1 Å². The Hall–Kier alpha value is -1.32. The molecular weight excluding hydrogens is 200 g/mol. The SMILES string of the molecule is CCC(C)Nc1cc(N(CC)CC)ncn1. The molecule has 0 aliphatic heterocycles. The number of aromatic nitrogens is 2. The van der Waals surface area contributed by atoms with Crippen LogP contribution in [-0.4, -0.2) is 29.1 Å². The summed E-state index contributed by atoms with van der Waals surface area (Å²) in [6.07, 6.45) is 2.71. The van der Waals surface area contributed by atoms with Crippen molar-refractivity contribution in [2.24, 2.45) is 0 Å². The van der Waals surface area contributed by atoms with Crippen molar-refractivity contribution >= 4 is 11.6 Å². The topological polar surface area (TPSA) is 41.0 Å². The van der Waals surface area contributed by atoms with Crippen LogP contribution >= 0.6 is 0 Å². The van der Waals surface area contributed by atoms with Crippen LogP contribution in [0.4, 0.5) is 11.6 Å². The molecular formula is C12H22N4. The molecule has 16 heavy (non-hydrogen) atoms. The molecule has 1 unspecified atom stereocenters. The van der Waals surface area contributed by atoms with Crippen molar-refractivity contribution in [1.82, 2.24) is 9.97 Å². The van der Waals surface area contributed by atoms with Crippen molar-refractivity contribution in [3.63, 3.8) is 0 Å². The summed E-state index contributed by atoms with van der Waals surface area (Å²) in [5, 5.41) is 3.36. The second kappa shape index (κ2) is 6.30. The molecule has 0 amide bonds. The molecule has 1 aromatic heterocycles. The summed E-state index contributed by atoms with van der Waals surface area (Å²) in [7, 11) is 0. The van der Waals surface area contributed by atoms with Gasteiger partial charge in [-0.2, -0.15) is 0 Å². The molecule has 0 bridgehead atoms. The van der Waals surface area contributed by atoms with E-state index >= 15 is 0 Å². The lowest BCUT2D eigenvalue weighted by atomic mass is 10.2. The van der Waals surface area contributed by atoms with Crippen LogP contribution in [0, 0.1) is 0 Å². The third-order valence-electron chi connectivity index (χ3n) is 2.75. The fourth-order valence-electron chi connectivity index (χ4n) is 1.50. The van der Waals surface area contributed by atoms with E-state index < -0.39 is 0 Å². The van der Waals surface area contributed by atoms with Gasteiger partial charge in [-0.3, -0.25) is 0 Å². The molecule has 4 nitrogen and oxygen atoms in total. The van der Waals surface area contributed by atoms with Gasteiger partial charge in [-0.1, -0.05) is 6.92 Å². The number of hydrogen-bond acceptors (Lipinski definition) is 4. The summed E-state index contributed by atoms with van der Waals surface area (Å²) in [5.74, 6) is 1.90. The molecule has 0 aromatic carbocycles. The smallest absolute Gasteiger partial charge is 0.134 e. The lowest BCUT2D eigenvalue weighted by molar-refractivity contribution is 0.757. The largest absolute Gasteiger partial charge is 0.367 e. The van der Waals surface area contributed by atoms with Crippen LogP contribution in [0.2, 0.25) is 0 Å². The molecule has 0 radical (unpaired) electrons. The van der Waals surface area contributed by atoms with E-state index in [0.717, 1.165) is 31.1 Å². The molecule has 0 aliphatic carbocycles. The minimum absolute atomic E-state index is 0.444. The van der Waals surface area contributed by atoms with Gasteiger partial charge in [0, 0.05) is 25.2 Å². The van der Waals surface area contributed by atoms with Crippen LogP contribution in [0.15, 0.2) is 12.4 Å². The van der Waals surface area contributed by atoms with Gasteiger partial charge >= 0.3 is 0 Å². The van der Waals surface area contributed by atoms with Crippen molar-refractivity contribution < 1.29 is 0 Å². The van der Waals surface area contributed by atoms with Crippen LogP contribution in [0.5, 0.6) is 0 Å². The quantitative estimate of drug-likeness (QED) is 0.803. The van der Waals surface area contributed by atoms with E-state index in [1.807, 2.05) is 6.07 Å². The molecule has 1 aromatic rings. The average molecular weight is 222 g/mol. The zero-order chi connectivity index (χ0) is 12.0. The average Bonchev–Trinajstić information content (AvgIpc) is 2.31. The number of rotatable bonds is 6. The van der Waals surface area contributed by atoms with Crippen LogP contribution in [0.1, 0.15) is 34.1 Å². The minimum Gasteiger partial charge on any atom is -0.367 e. The van der Waals surface area contributed by atoms with Gasteiger partial charge in [0.05, 0.1) is 0 Å². The molecule has 90 valence electrons. The predicted molar refractivity (Wildman–Crippen MR) is 69.0 cm³/mol. The van der Waals surface area contributed by atoms with E-state index in [1.54, 1.807) is 6.33 Å². The lowest BCUT2D eigenvalue weighted by Crippen LogP contribution is -2.23. The number of nitrogens with one attached hydrogen (secondary N) is 1. The van der Waals surface area contributed by atoms with Gasteiger partial charge in [0.15, 0.2) is 0 Å². The van der Waals surface area contributed by atoms with Gasteiger partial charge in [-0.15, -0.1) is 0 Å². The fraction of sp³-hybridized carbons (Fsp3) is 0.667. The van der Waals surface area contributed by atoms with E-state index in [2.05, 4.69) is 47.9 Å². The van der Waals surface area contributed by atoms with E-state index in [-0.39, 0.29) is 0 Å². The first kappa shape index (κ1) is 12.7. The Balaban J connectivity index is 2.77. The molecule has 1 rings (SSSR count). The highest BCUT2D eigenvalue weighted by Gasteiger charge is 2.06. The van der Waals surface area contributed by atoms with Crippen molar-refractivity contribution in [2.75, 3.05) is 23.3 Å². The maximum atomic E-state index is 4.29. The van der Waals surface area contributed by atoms with Crippen molar-refractivity contribution in [1.29, 1.82) is 0 Å². The number of hydrogen-bond donors (Lipinski definition) is 1. The van der Waals surface area contributed by atoms with E-state index in [9.17, 15) is 0 Å². The maximum absolute atomic E-state index is 4.29. The lowest BCUT2D eigenvalue weighted by Gasteiger charge is -2.20. The van der Waals surface area contributed by atoms with E-state index in [0.29, 0.717) is 6.04 Å². The molecule has 4 heteroatoms. The van der Waals surface area contributed by atoms with E-state index in [4.69, 9.17) is 0 Å². The zero-order valence-electron chi connectivity index (χ0n) is 10.7. The summed E-state index contributed by atoms with van der Waals surface area (Å²) in [6.45, 7) is 10.5. The second-order valence-electron chi connectivity index (χ2n) is 3.89. The summed E-state index contributed by atoms with van der Waals surface area (Å²) >= 11 is 0. The van der Waals surface area contributed by atoms with Crippen LogP contribution in [-0.2, 0) is 0 Å². The first-order valence-corrected chi connectivity index (χ1v) is 6.04. The monoisotopic (exact) mass is 222 g/mol. The summed E-state index contributed by atoms with van der Waals surface area (Å²) in [5.41, 5.74) is 0. The molecule has 1 heterocycles. The van der Waals surface area contributed by atoms with Gasteiger partial charge in [-0.05, 0) is 27.2 Å². The molecule has 1 atom stereocenters. The standard InChI is InChI=1S/C12H22N4/c1-5-10(4)15-11-8-12(14-9-13-11)16(6-2)7-3/h8-10H,5-7H2,1-4H3,(H,13,14,15). The van der Waals surface area contributed by atoms with Crippen molar-refractivity contribution in [3.05, 3.63) is 12.4 Å². The number of nitrogens with zero attached hydrogens (tertiary/aromatic N) is 3. The first-order valence-electron chi connectivity index (χ1n) is 6.04. The third kappa shape index (κ3) is 3.36. The normalized spacial score (nSPS) is 12.2. The first-order chi connectivity index (χ1) is 7.71. The fourth-order valence-corrected chi connectivity index (χ4v) is 1.50. The summed E-state index contributed by atoms with van der Waals surface area (Å²) in [4.78, 5) is 10.7. The van der Waals surface area contributed by atoms with Crippen LogP contribution < -0.4 is 10.2 Å². The van der Waals surface area contributed by atoms with Gasteiger partial charge in [0.25, 0.3) is 0 Å². The molecule has 0 fully saturated rings. The molecule has 0 saturated heterocycles. The Bertz CT molecular complexity index is 310. The number of anilines is 2. The van der Waals surface area contributed by atoms with Crippen LogP contribution in [0.3, 0.4) is 0 Å². The van der Waals surface area contributed by atoms with E-state index in [1.165, 1.54) is 0 Å². The predicted octanol–water partition coefficient (Wildman–Crippen LogP) is 2.53. The Morgan fingerprint density at radius 2 is 1.94 bits per heavy atom. The second-order valence-corrected chi connectivity index (χ2v) is 3.89. The molecule has 0 saturated carbocycles. The van der Waals surface area contributed by atoms with Gasteiger partial charge < -0.3 is 10.2 Å². The van der Waals surface area contributed by atoms with Gasteiger partial charge in [0.1, 0.15) is 18.0 Å². The highest BCUT2D eigenvalue weighted by atomic mass is 15.2. The maximum Gasteiger partial charge on any atom is 0.134 e. The highest BCUT2D eigenvalue weighted by molar-refractivity contribution is 5.48. The summed E-state index contributed by atoms with van der Waals surface area (Å²) in [6, 6.07) is 2.46. The molecule has 1 N–H and O–H groups in total. The van der Waals surface area contributed by atoms with Crippen molar-refractivity contribution in [3.8, 4) is 0 Å². The zero-order valence-corrected chi connectivity index (χ0v) is 10.7. The third-order valence-corrected chi connectivity index (χ3v) is 2.75. The molecule has 0 aliphatic rings. The minimum atomic E-state index is 0.444. The Morgan fingerprint density at radius 1 is 1.25 bits per heavy atom. The highest BCUT2D eigenvalue weighted by Crippen LogP contribution is 2.14. The van der Waals surface area contributed by atoms with Gasteiger partial charge in [-0.25, -0.2) is 9.97 Å². The Morgan fingerprint density at radius 3 is 2.50 bits per heavy atom. The Kier molecular flexibility index (Phi) is 5.02. The molecule has 0 spiro atoms. The van der Waals surface area contributed by atoms with Crippen molar-refractivity contribution in [2.45, 2.75) is 40.2 Å². The van der Waals surface area contributed by atoms with Gasteiger partial charge in [0.2, 0.25) is 0 Å². The summed E-state index contributed by atoms with van der Waals surface area (Å²) < 4.78 is 0. The van der Waals surface area contributed by atoms with Crippen LogP contribution in [0.25, 0.3) is 0 Å².